The minimum atomic E-state index is -0.127. The Bertz CT molecular complexity index is 1170. The first-order valence-corrected chi connectivity index (χ1v) is 18.6. The maximum Gasteiger partial charge on any atom is 0.0702 e. The number of hydrogen-bond acceptors (Lipinski definition) is 2. The largest absolute Gasteiger partial charge is 0.358 e. The van der Waals surface area contributed by atoms with Gasteiger partial charge in [0.05, 0.1) is 5.69 Å². The third-order valence-electron chi connectivity index (χ3n) is 10.3. The van der Waals surface area contributed by atoms with Crippen molar-refractivity contribution in [2.45, 2.75) is 172 Å². The molecule has 0 aliphatic heterocycles. The average Bonchev–Trinajstić information content (AvgIpc) is 2.99. The highest BCUT2D eigenvalue weighted by Crippen LogP contribution is 2.43. The molecule has 0 fully saturated rings. The normalized spacial score (nSPS) is 13.6. The van der Waals surface area contributed by atoms with E-state index in [1.165, 1.54) is 39.3 Å². The predicted molar refractivity (Wildman–Crippen MR) is 204 cm³/mol. The van der Waals surface area contributed by atoms with Crippen molar-refractivity contribution in [2.24, 2.45) is 15.8 Å². The summed E-state index contributed by atoms with van der Waals surface area (Å²) in [5.74, 6) is 2.09. The highest BCUT2D eigenvalue weighted by Gasteiger charge is 2.28. The van der Waals surface area contributed by atoms with Crippen molar-refractivity contribution in [1.29, 1.82) is 0 Å². The van der Waals surface area contributed by atoms with Gasteiger partial charge in [-0.25, -0.2) is 0 Å². The molecular weight excluding hydrogens is 544 g/mol. The maximum absolute atomic E-state index is 5.74. The fourth-order valence-electron chi connectivity index (χ4n) is 6.94. The van der Waals surface area contributed by atoms with Crippen LogP contribution >= 0.6 is 0 Å². The highest BCUT2D eigenvalue weighted by molar-refractivity contribution is 6.02. The molecule has 45 heavy (non-hydrogen) atoms. The van der Waals surface area contributed by atoms with E-state index in [0.717, 1.165) is 57.1 Å². The second-order valence-electron chi connectivity index (χ2n) is 15.3. The Labute approximate surface area is 280 Å². The molecule has 252 valence electrons. The summed E-state index contributed by atoms with van der Waals surface area (Å²) >= 11 is 0. The summed E-state index contributed by atoms with van der Waals surface area (Å²) < 4.78 is 0. The molecule has 0 aromatic heterocycles. The van der Waals surface area contributed by atoms with Crippen molar-refractivity contribution >= 4 is 17.1 Å². The van der Waals surface area contributed by atoms with Crippen LogP contribution < -0.4 is 5.32 Å². The quantitative estimate of drug-likeness (QED) is 0.187. The fraction of sp³-hybridized carbons (Fsp3) is 0.651. The number of nitrogens with zero attached hydrogens (tertiary/aromatic N) is 1. The van der Waals surface area contributed by atoms with Crippen LogP contribution in [0, 0.1) is 10.8 Å². The zero-order chi connectivity index (χ0) is 33.9. The van der Waals surface area contributed by atoms with Crippen LogP contribution in [0.1, 0.15) is 194 Å². The smallest absolute Gasteiger partial charge is 0.0702 e. The zero-order valence-corrected chi connectivity index (χ0v) is 32.0. The maximum atomic E-state index is 5.74. The zero-order valence-electron chi connectivity index (χ0n) is 32.0. The van der Waals surface area contributed by atoms with Crippen molar-refractivity contribution in [3.63, 3.8) is 0 Å². The molecular formula is C43H70N2. The van der Waals surface area contributed by atoms with Gasteiger partial charge in [-0.1, -0.05) is 133 Å². The van der Waals surface area contributed by atoms with Gasteiger partial charge in [0, 0.05) is 27.9 Å². The monoisotopic (exact) mass is 615 g/mol. The van der Waals surface area contributed by atoms with E-state index in [9.17, 15) is 0 Å². The van der Waals surface area contributed by atoms with Crippen LogP contribution in [0.25, 0.3) is 0 Å². The molecule has 2 rings (SSSR count). The molecule has 0 saturated carbocycles. The summed E-state index contributed by atoms with van der Waals surface area (Å²) in [6, 6.07) is 14.0. The number of aliphatic imine (C=N–C) groups is 1. The standard InChI is InChI=1S/C43H70N2/c1-15-30(16-2)34-25-23-26-35(31(17-3)18-4)40(34)44-38(42(9,10)11)29-39(43(12,13)14)45-41-36(32(19-5)20-6)27-24-28-37(41)33(21-7)22-8/h23-33,44H,15-22H2,1-14H3/b38-29-,45-39?. The molecule has 2 aromatic rings. The van der Waals surface area contributed by atoms with E-state index >= 15 is 0 Å². The van der Waals surface area contributed by atoms with Crippen LogP contribution in [-0.2, 0) is 0 Å². The molecule has 1 N–H and O–H groups in total. The number of allylic oxidation sites excluding steroid dienone is 2. The lowest BCUT2D eigenvalue weighted by molar-refractivity contribution is 0.505. The molecule has 0 aliphatic rings. The molecule has 0 spiro atoms. The summed E-state index contributed by atoms with van der Waals surface area (Å²) in [6.45, 7) is 32.7. The molecule has 0 bridgehead atoms. The second kappa shape index (κ2) is 17.5. The minimum Gasteiger partial charge on any atom is -0.358 e. The van der Waals surface area contributed by atoms with Gasteiger partial charge in [0.2, 0.25) is 0 Å². The van der Waals surface area contributed by atoms with Gasteiger partial charge in [0.25, 0.3) is 0 Å². The van der Waals surface area contributed by atoms with E-state index in [4.69, 9.17) is 4.99 Å². The number of rotatable bonds is 16. The van der Waals surface area contributed by atoms with Crippen molar-refractivity contribution in [1.82, 2.24) is 0 Å². The lowest BCUT2D eigenvalue weighted by Gasteiger charge is -2.32. The van der Waals surface area contributed by atoms with Crippen LogP contribution in [0.4, 0.5) is 11.4 Å². The first-order valence-electron chi connectivity index (χ1n) is 18.6. The number of benzene rings is 2. The first-order chi connectivity index (χ1) is 21.2. The third-order valence-corrected chi connectivity index (χ3v) is 10.3. The van der Waals surface area contributed by atoms with Gasteiger partial charge < -0.3 is 5.32 Å². The molecule has 0 aliphatic carbocycles. The van der Waals surface area contributed by atoms with Crippen molar-refractivity contribution in [2.75, 3.05) is 5.32 Å². The molecule has 0 atom stereocenters. The number of para-hydroxylation sites is 2. The lowest BCUT2D eigenvalue weighted by Crippen LogP contribution is -2.25. The summed E-state index contributed by atoms with van der Waals surface area (Å²) in [4.78, 5) is 5.74. The number of nitrogens with one attached hydrogen (secondary N) is 1. The number of anilines is 1. The Morgan fingerprint density at radius 3 is 1.20 bits per heavy atom. The summed E-state index contributed by atoms with van der Waals surface area (Å²) in [6.07, 6.45) is 11.5. The van der Waals surface area contributed by atoms with Gasteiger partial charge in [0.15, 0.2) is 0 Å². The van der Waals surface area contributed by atoms with E-state index in [2.05, 4.69) is 145 Å². The predicted octanol–water partition coefficient (Wildman–Crippen LogP) is 14.5. The SMILES string of the molecule is CCC(CC)c1cccc(C(CC)CC)c1N=C(/C=C(\Nc1c(C(CC)CC)cccc1C(CC)CC)C(C)(C)C)C(C)(C)C. The van der Waals surface area contributed by atoms with Gasteiger partial charge in [-0.3, -0.25) is 4.99 Å². The van der Waals surface area contributed by atoms with Gasteiger partial charge in [-0.2, -0.15) is 0 Å². The third kappa shape index (κ3) is 9.82. The van der Waals surface area contributed by atoms with Crippen LogP contribution in [-0.4, -0.2) is 5.71 Å². The Hall–Kier alpha value is -2.35. The van der Waals surface area contributed by atoms with Gasteiger partial charge in [-0.05, 0) is 103 Å². The summed E-state index contributed by atoms with van der Waals surface area (Å²) in [7, 11) is 0. The lowest BCUT2D eigenvalue weighted by atomic mass is 9.82. The van der Waals surface area contributed by atoms with Crippen LogP contribution in [0.2, 0.25) is 0 Å². The van der Waals surface area contributed by atoms with Crippen molar-refractivity contribution in [3.05, 3.63) is 70.4 Å². The van der Waals surface area contributed by atoms with E-state index < -0.39 is 0 Å². The minimum absolute atomic E-state index is 0.0919. The van der Waals surface area contributed by atoms with E-state index in [-0.39, 0.29) is 10.8 Å². The Kier molecular flexibility index (Phi) is 15.1. The van der Waals surface area contributed by atoms with Crippen LogP contribution in [0.15, 0.2) is 53.2 Å². The fourth-order valence-corrected chi connectivity index (χ4v) is 6.94. The first kappa shape index (κ1) is 38.8. The molecule has 2 nitrogen and oxygen atoms in total. The highest BCUT2D eigenvalue weighted by atomic mass is 14.9. The van der Waals surface area contributed by atoms with Gasteiger partial charge >= 0.3 is 0 Å². The molecule has 0 amide bonds. The molecule has 2 heteroatoms. The number of hydrogen-bond donors (Lipinski definition) is 1. The summed E-state index contributed by atoms with van der Waals surface area (Å²) in [5, 5.41) is 4.14. The molecule has 0 radical (unpaired) electrons. The Morgan fingerprint density at radius 2 is 0.889 bits per heavy atom. The van der Waals surface area contributed by atoms with Gasteiger partial charge in [0.1, 0.15) is 0 Å². The molecule has 2 aromatic carbocycles. The molecule has 0 heterocycles. The van der Waals surface area contributed by atoms with Crippen LogP contribution in [0.3, 0.4) is 0 Å². The van der Waals surface area contributed by atoms with E-state index in [1.54, 1.807) is 0 Å². The summed E-state index contributed by atoms with van der Waals surface area (Å²) in [5.41, 5.74) is 10.5. The Balaban J connectivity index is 2.99. The van der Waals surface area contributed by atoms with E-state index in [1.807, 2.05) is 0 Å². The molecule has 0 saturated heterocycles. The topological polar surface area (TPSA) is 24.4 Å². The van der Waals surface area contributed by atoms with Crippen molar-refractivity contribution in [3.8, 4) is 0 Å². The average molecular weight is 615 g/mol. The Morgan fingerprint density at radius 1 is 0.556 bits per heavy atom. The van der Waals surface area contributed by atoms with E-state index in [0.29, 0.717) is 23.7 Å². The van der Waals surface area contributed by atoms with Crippen LogP contribution in [0.5, 0.6) is 0 Å². The second-order valence-corrected chi connectivity index (χ2v) is 15.3. The van der Waals surface area contributed by atoms with Gasteiger partial charge in [-0.15, -0.1) is 0 Å². The molecule has 0 unspecified atom stereocenters. The van der Waals surface area contributed by atoms with Crippen molar-refractivity contribution < 1.29 is 0 Å².